The smallest absolute Gasteiger partial charge is 0.323 e. The van der Waals surface area contributed by atoms with Gasteiger partial charge in [-0.2, -0.15) is 0 Å². The van der Waals surface area contributed by atoms with Crippen LogP contribution in [0.15, 0.2) is 91.3 Å². The molecule has 0 saturated heterocycles. The SMILES string of the molecule is CCC1CCC(C2CC=C(c3cnc(-c4ccc(CN(CC(=O)O)C(=O)c5ccc(NC(=O)Cc6ccc(OC)cc6)cc5)cc4)nc3)CC2)CC1. The molecule has 1 atom stereocenters. The standard InChI is InChI=1S/C43H48N4O5/c1-3-29-4-10-32(11-5-29)33-14-16-34(17-15-33)37-25-44-42(45-26-37)35-12-6-31(7-13-35)27-47(28-41(49)50)43(51)36-18-20-38(21-19-36)46-40(48)24-30-8-22-39(52-2)23-9-30/h6-9,12-13,16,18-23,25-26,29,32-33H,3-5,10-11,14-15,17,24,27-28H2,1-2H3,(H,46,48)(H,49,50). The Balaban J connectivity index is 1.03. The summed E-state index contributed by atoms with van der Waals surface area (Å²) in [7, 11) is 1.59. The summed E-state index contributed by atoms with van der Waals surface area (Å²) in [6, 6.07) is 21.2. The minimum Gasteiger partial charge on any atom is -0.497 e. The van der Waals surface area contributed by atoms with E-state index < -0.39 is 18.4 Å². The van der Waals surface area contributed by atoms with Gasteiger partial charge in [-0.25, -0.2) is 9.97 Å². The van der Waals surface area contributed by atoms with E-state index >= 15 is 0 Å². The average molecular weight is 701 g/mol. The highest BCUT2D eigenvalue weighted by atomic mass is 16.5. The zero-order valence-corrected chi connectivity index (χ0v) is 30.1. The molecule has 0 spiro atoms. The van der Waals surface area contributed by atoms with Crippen molar-refractivity contribution >= 4 is 29.0 Å². The number of methoxy groups -OCH3 is 1. The fourth-order valence-corrected chi connectivity index (χ4v) is 7.61. The lowest BCUT2D eigenvalue weighted by molar-refractivity contribution is -0.137. The normalized spacial score (nSPS) is 18.6. The van der Waals surface area contributed by atoms with Crippen LogP contribution in [0.2, 0.25) is 0 Å². The Labute approximate surface area is 306 Å². The van der Waals surface area contributed by atoms with E-state index in [0.717, 1.165) is 52.8 Å². The van der Waals surface area contributed by atoms with Crippen molar-refractivity contribution in [2.24, 2.45) is 17.8 Å². The maximum absolute atomic E-state index is 13.4. The van der Waals surface area contributed by atoms with E-state index in [-0.39, 0.29) is 18.9 Å². The molecule has 1 saturated carbocycles. The fourth-order valence-electron chi connectivity index (χ4n) is 7.61. The third-order valence-corrected chi connectivity index (χ3v) is 10.7. The molecule has 4 aromatic rings. The Morgan fingerprint density at radius 2 is 1.50 bits per heavy atom. The van der Waals surface area contributed by atoms with E-state index in [9.17, 15) is 19.5 Å². The van der Waals surface area contributed by atoms with E-state index in [1.165, 1.54) is 49.0 Å². The van der Waals surface area contributed by atoms with Gasteiger partial charge in [-0.3, -0.25) is 14.4 Å². The number of nitrogens with zero attached hydrogens (tertiary/aromatic N) is 3. The Morgan fingerprint density at radius 3 is 2.10 bits per heavy atom. The Bertz CT molecular complexity index is 1850. The Hall–Kier alpha value is -5.31. The minimum atomic E-state index is -1.11. The highest BCUT2D eigenvalue weighted by Crippen LogP contribution is 2.41. The number of amides is 2. The number of nitrogens with one attached hydrogen (secondary N) is 1. The number of rotatable bonds is 13. The number of ether oxygens (including phenoxy) is 1. The van der Waals surface area contributed by atoms with Gasteiger partial charge in [0.25, 0.3) is 5.91 Å². The molecule has 270 valence electrons. The topological polar surface area (TPSA) is 122 Å². The molecule has 2 N–H and O–H groups in total. The van der Waals surface area contributed by atoms with Crippen LogP contribution in [0, 0.1) is 17.8 Å². The van der Waals surface area contributed by atoms with E-state index in [2.05, 4.69) is 28.3 Å². The first-order chi connectivity index (χ1) is 25.3. The molecular weight excluding hydrogens is 652 g/mol. The summed E-state index contributed by atoms with van der Waals surface area (Å²) in [4.78, 5) is 48.3. The fraction of sp³-hybridized carbons (Fsp3) is 0.372. The highest BCUT2D eigenvalue weighted by molar-refractivity contribution is 5.97. The van der Waals surface area contributed by atoms with Crippen LogP contribution >= 0.6 is 0 Å². The first-order valence-electron chi connectivity index (χ1n) is 18.4. The largest absolute Gasteiger partial charge is 0.497 e. The van der Waals surface area contributed by atoms with Crippen molar-refractivity contribution in [3.8, 4) is 17.1 Å². The molecule has 3 aromatic carbocycles. The summed E-state index contributed by atoms with van der Waals surface area (Å²) in [5.41, 5.74) is 5.75. The summed E-state index contributed by atoms with van der Waals surface area (Å²) in [6.07, 6.45) is 16.8. The summed E-state index contributed by atoms with van der Waals surface area (Å²) < 4.78 is 5.16. The Morgan fingerprint density at radius 1 is 0.827 bits per heavy atom. The molecule has 0 radical (unpaired) electrons. The first kappa shape index (κ1) is 36.5. The number of allylic oxidation sites excluding steroid dienone is 2. The van der Waals surface area contributed by atoms with Crippen LogP contribution in [0.25, 0.3) is 17.0 Å². The van der Waals surface area contributed by atoms with Gasteiger partial charge in [-0.15, -0.1) is 0 Å². The van der Waals surface area contributed by atoms with Crippen LogP contribution in [-0.2, 0) is 22.6 Å². The zero-order chi connectivity index (χ0) is 36.5. The van der Waals surface area contributed by atoms with E-state index in [0.29, 0.717) is 22.8 Å². The number of carbonyl (C=O) groups is 3. The van der Waals surface area contributed by atoms with Gasteiger partial charge in [-0.05, 0) is 103 Å². The summed E-state index contributed by atoms with van der Waals surface area (Å²) >= 11 is 0. The molecule has 52 heavy (non-hydrogen) atoms. The van der Waals surface area contributed by atoms with Crippen molar-refractivity contribution in [2.75, 3.05) is 19.0 Å². The average Bonchev–Trinajstić information content (AvgIpc) is 3.18. The summed E-state index contributed by atoms with van der Waals surface area (Å²) in [6.45, 7) is 1.98. The van der Waals surface area contributed by atoms with Gasteiger partial charge in [0.2, 0.25) is 5.91 Å². The number of hydrogen-bond donors (Lipinski definition) is 2. The summed E-state index contributed by atoms with van der Waals surface area (Å²) in [5, 5.41) is 12.4. The second kappa shape index (κ2) is 17.3. The van der Waals surface area contributed by atoms with Crippen molar-refractivity contribution in [1.82, 2.24) is 14.9 Å². The van der Waals surface area contributed by atoms with Crippen LogP contribution in [0.4, 0.5) is 5.69 Å². The molecule has 9 heteroatoms. The lowest BCUT2D eigenvalue weighted by atomic mass is 9.71. The highest BCUT2D eigenvalue weighted by Gasteiger charge is 2.28. The molecule has 1 unspecified atom stereocenters. The van der Waals surface area contributed by atoms with Gasteiger partial charge < -0.3 is 20.1 Å². The maximum atomic E-state index is 13.4. The number of carbonyl (C=O) groups excluding carboxylic acids is 2. The monoisotopic (exact) mass is 700 g/mol. The van der Waals surface area contributed by atoms with Gasteiger partial charge in [0.1, 0.15) is 12.3 Å². The number of aliphatic carboxylic acids is 1. The van der Waals surface area contributed by atoms with E-state index in [1.54, 1.807) is 43.5 Å². The molecule has 6 rings (SSSR count). The second-order valence-electron chi connectivity index (χ2n) is 14.2. The third kappa shape index (κ3) is 9.51. The lowest BCUT2D eigenvalue weighted by Crippen LogP contribution is -2.35. The van der Waals surface area contributed by atoms with Crippen molar-refractivity contribution < 1.29 is 24.2 Å². The molecule has 2 aliphatic rings. The van der Waals surface area contributed by atoms with Gasteiger partial charge >= 0.3 is 5.97 Å². The second-order valence-corrected chi connectivity index (χ2v) is 14.2. The first-order valence-corrected chi connectivity index (χ1v) is 18.4. The van der Waals surface area contributed by atoms with Gasteiger partial charge in [0.05, 0.1) is 13.5 Å². The van der Waals surface area contributed by atoms with E-state index in [4.69, 9.17) is 4.74 Å². The molecule has 2 aliphatic carbocycles. The number of anilines is 1. The van der Waals surface area contributed by atoms with Crippen LogP contribution in [0.5, 0.6) is 5.75 Å². The van der Waals surface area contributed by atoms with Crippen LogP contribution in [0.1, 0.15) is 85.3 Å². The van der Waals surface area contributed by atoms with Crippen LogP contribution in [-0.4, -0.2) is 51.4 Å². The van der Waals surface area contributed by atoms with Crippen molar-refractivity contribution in [3.63, 3.8) is 0 Å². The van der Waals surface area contributed by atoms with Gasteiger partial charge in [-0.1, -0.05) is 68.7 Å². The van der Waals surface area contributed by atoms with Gasteiger partial charge in [0, 0.05) is 41.3 Å². The number of aromatic nitrogens is 2. The quantitative estimate of drug-likeness (QED) is 0.144. The minimum absolute atomic E-state index is 0.112. The molecular formula is C43H48N4O5. The maximum Gasteiger partial charge on any atom is 0.323 e. The number of benzene rings is 3. The Kier molecular flexibility index (Phi) is 12.1. The third-order valence-electron chi connectivity index (χ3n) is 10.7. The molecule has 9 nitrogen and oxygen atoms in total. The van der Waals surface area contributed by atoms with E-state index in [1.807, 2.05) is 48.8 Å². The molecule has 0 aliphatic heterocycles. The van der Waals surface area contributed by atoms with Crippen LogP contribution in [0.3, 0.4) is 0 Å². The van der Waals surface area contributed by atoms with Crippen molar-refractivity contribution in [3.05, 3.63) is 114 Å². The summed E-state index contributed by atoms with van der Waals surface area (Å²) in [5.74, 6) is 2.22. The van der Waals surface area contributed by atoms with Crippen molar-refractivity contribution in [1.29, 1.82) is 0 Å². The number of carboxylic acid groups (broad SMARTS) is 1. The molecule has 1 fully saturated rings. The molecule has 1 heterocycles. The van der Waals surface area contributed by atoms with Crippen LogP contribution < -0.4 is 10.1 Å². The predicted molar refractivity (Wildman–Crippen MR) is 203 cm³/mol. The molecule has 1 aromatic heterocycles. The lowest BCUT2D eigenvalue weighted by Gasteiger charge is -2.35. The molecule has 0 bridgehead atoms. The van der Waals surface area contributed by atoms with Gasteiger partial charge in [0.15, 0.2) is 5.82 Å². The molecule has 2 amide bonds. The predicted octanol–water partition coefficient (Wildman–Crippen LogP) is 8.46. The van der Waals surface area contributed by atoms with Crippen molar-refractivity contribution in [2.45, 2.75) is 71.3 Å². The zero-order valence-electron chi connectivity index (χ0n) is 30.1. The number of hydrogen-bond acceptors (Lipinski definition) is 6. The number of carboxylic acids is 1.